The average Bonchev–Trinajstić information content (AvgIpc) is 3.26. The molecule has 3 heterocycles. The second-order valence-corrected chi connectivity index (χ2v) is 6.70. The predicted molar refractivity (Wildman–Crippen MR) is 88.9 cm³/mol. The maximum absolute atomic E-state index is 12.5. The number of hydrogen-bond acceptors (Lipinski definition) is 3. The summed E-state index contributed by atoms with van der Waals surface area (Å²) in [5.74, 6) is 0.164. The Bertz CT molecular complexity index is 1020. The highest BCUT2D eigenvalue weighted by Gasteiger charge is 2.48. The van der Waals surface area contributed by atoms with E-state index in [1.165, 1.54) is 0 Å². The van der Waals surface area contributed by atoms with Crippen LogP contribution in [-0.2, 0) is 10.2 Å². The quantitative estimate of drug-likeness (QED) is 0.749. The summed E-state index contributed by atoms with van der Waals surface area (Å²) < 4.78 is 1.96. The maximum Gasteiger partial charge on any atom is 0.221 e. The summed E-state index contributed by atoms with van der Waals surface area (Å²) in [5, 5.41) is 2.88. The van der Waals surface area contributed by atoms with Crippen molar-refractivity contribution in [2.24, 2.45) is 0 Å². The van der Waals surface area contributed by atoms with E-state index in [-0.39, 0.29) is 17.1 Å². The van der Waals surface area contributed by atoms with Gasteiger partial charge in [0, 0.05) is 49.0 Å². The lowest BCUT2D eigenvalue weighted by Crippen LogP contribution is -2.26. The molecule has 1 saturated heterocycles. The van der Waals surface area contributed by atoms with E-state index in [0.717, 1.165) is 27.9 Å². The van der Waals surface area contributed by atoms with E-state index in [4.69, 9.17) is 0 Å². The maximum atomic E-state index is 12.5. The third-order valence-corrected chi connectivity index (χ3v) is 5.24. The molecule has 1 aliphatic carbocycles. The van der Waals surface area contributed by atoms with Crippen molar-refractivity contribution in [3.8, 4) is 11.1 Å². The molecule has 1 aliphatic heterocycles. The minimum Gasteiger partial charge on any atom is -0.355 e. The van der Waals surface area contributed by atoms with Crippen LogP contribution in [0.25, 0.3) is 16.8 Å². The van der Waals surface area contributed by atoms with Crippen molar-refractivity contribution in [2.45, 2.75) is 18.3 Å². The second kappa shape index (κ2) is 4.54. The number of fused-ring (bicyclic) bond motifs is 3. The summed E-state index contributed by atoms with van der Waals surface area (Å²) in [6.07, 6.45) is 6.51. The van der Waals surface area contributed by atoms with Crippen LogP contribution in [-0.4, -0.2) is 27.6 Å². The highest BCUT2D eigenvalue weighted by Crippen LogP contribution is 2.44. The molecule has 1 amide bonds. The fourth-order valence-corrected chi connectivity index (χ4v) is 4.02. The minimum atomic E-state index is -0.337. The Balaban J connectivity index is 1.62. The molecule has 0 saturated carbocycles. The second-order valence-electron chi connectivity index (χ2n) is 6.70. The molecule has 1 aromatic carbocycles. The van der Waals surface area contributed by atoms with Crippen molar-refractivity contribution in [3.63, 3.8) is 0 Å². The number of Topliss-reactive ketones (excluding diaryl/α,β-unsaturated/α-hetero) is 1. The Morgan fingerprint density at radius 3 is 2.79 bits per heavy atom. The SMILES string of the molecule is O=C1CC2(CN1)CC(=O)c1cc(-c3ccc4nccn4c3)ccc12. The van der Waals surface area contributed by atoms with Crippen LogP contribution < -0.4 is 5.32 Å². The van der Waals surface area contributed by atoms with Gasteiger partial charge < -0.3 is 9.72 Å². The Morgan fingerprint density at radius 2 is 1.96 bits per heavy atom. The zero-order valence-corrected chi connectivity index (χ0v) is 13.0. The number of rotatable bonds is 1. The summed E-state index contributed by atoms with van der Waals surface area (Å²) in [4.78, 5) is 28.5. The van der Waals surface area contributed by atoms with Crippen molar-refractivity contribution < 1.29 is 9.59 Å². The molecule has 1 spiro atoms. The van der Waals surface area contributed by atoms with Crippen LogP contribution in [0, 0.1) is 0 Å². The van der Waals surface area contributed by atoms with Crippen molar-refractivity contribution in [1.82, 2.24) is 14.7 Å². The van der Waals surface area contributed by atoms with Gasteiger partial charge in [0.15, 0.2) is 5.78 Å². The molecule has 24 heavy (non-hydrogen) atoms. The van der Waals surface area contributed by atoms with E-state index >= 15 is 0 Å². The van der Waals surface area contributed by atoms with Gasteiger partial charge >= 0.3 is 0 Å². The molecular weight excluding hydrogens is 302 g/mol. The molecule has 5 heteroatoms. The first-order valence-electron chi connectivity index (χ1n) is 8.02. The fraction of sp³-hybridized carbons (Fsp3) is 0.211. The lowest BCUT2D eigenvalue weighted by molar-refractivity contribution is -0.119. The highest BCUT2D eigenvalue weighted by atomic mass is 16.2. The van der Waals surface area contributed by atoms with Gasteiger partial charge in [-0.2, -0.15) is 0 Å². The monoisotopic (exact) mass is 317 g/mol. The minimum absolute atomic E-state index is 0.0327. The largest absolute Gasteiger partial charge is 0.355 e. The number of aromatic nitrogens is 2. The number of carbonyl (C=O) groups is 2. The molecule has 1 fully saturated rings. The number of hydrogen-bond donors (Lipinski definition) is 1. The number of pyridine rings is 1. The molecule has 2 aromatic heterocycles. The summed E-state index contributed by atoms with van der Waals surface area (Å²) in [6.45, 7) is 0.560. The molecule has 0 bridgehead atoms. The number of amides is 1. The first kappa shape index (κ1) is 13.5. The van der Waals surface area contributed by atoms with Crippen molar-refractivity contribution in [3.05, 3.63) is 60.0 Å². The van der Waals surface area contributed by atoms with Crippen LogP contribution in [0.2, 0.25) is 0 Å². The normalized spacial score (nSPS) is 22.3. The van der Waals surface area contributed by atoms with Gasteiger partial charge in [0.1, 0.15) is 5.65 Å². The molecule has 1 N–H and O–H groups in total. The molecule has 5 rings (SSSR count). The Labute approximate surface area is 138 Å². The van der Waals surface area contributed by atoms with Crippen molar-refractivity contribution in [2.75, 3.05) is 6.54 Å². The number of nitrogens with one attached hydrogen (secondary N) is 1. The van der Waals surface area contributed by atoms with Crippen molar-refractivity contribution >= 4 is 17.3 Å². The average molecular weight is 317 g/mol. The topological polar surface area (TPSA) is 63.5 Å². The van der Waals surface area contributed by atoms with E-state index in [2.05, 4.69) is 10.3 Å². The molecule has 5 nitrogen and oxygen atoms in total. The highest BCUT2D eigenvalue weighted by molar-refractivity contribution is 6.04. The number of imidazole rings is 1. The van der Waals surface area contributed by atoms with Crippen LogP contribution in [0.1, 0.15) is 28.8 Å². The first-order valence-corrected chi connectivity index (χ1v) is 8.02. The summed E-state index contributed by atoms with van der Waals surface area (Å²) in [6, 6.07) is 10.0. The van der Waals surface area contributed by atoms with E-state index in [9.17, 15) is 9.59 Å². The molecule has 0 radical (unpaired) electrons. The first-order chi connectivity index (χ1) is 11.6. The van der Waals surface area contributed by atoms with Gasteiger partial charge in [0.2, 0.25) is 5.91 Å². The third-order valence-electron chi connectivity index (χ3n) is 5.24. The predicted octanol–water partition coefficient (Wildman–Crippen LogP) is 2.35. The van der Waals surface area contributed by atoms with Crippen LogP contribution in [0.4, 0.5) is 0 Å². The number of benzene rings is 1. The molecule has 2 aliphatic rings. The molecule has 1 unspecified atom stereocenters. The zero-order chi connectivity index (χ0) is 16.3. The van der Waals surface area contributed by atoms with Crippen LogP contribution in [0.5, 0.6) is 0 Å². The summed E-state index contributed by atoms with van der Waals surface area (Å²) in [7, 11) is 0. The van der Waals surface area contributed by atoms with Crippen LogP contribution in [0.3, 0.4) is 0 Å². The molecular formula is C19H15N3O2. The van der Waals surface area contributed by atoms with Gasteiger partial charge in [0.25, 0.3) is 0 Å². The third kappa shape index (κ3) is 1.78. The molecule has 118 valence electrons. The zero-order valence-electron chi connectivity index (χ0n) is 13.0. The van der Waals surface area contributed by atoms with E-state index in [1.807, 2.05) is 47.1 Å². The van der Waals surface area contributed by atoms with Crippen LogP contribution >= 0.6 is 0 Å². The Kier molecular flexibility index (Phi) is 2.55. The van der Waals surface area contributed by atoms with Crippen molar-refractivity contribution in [1.29, 1.82) is 0 Å². The van der Waals surface area contributed by atoms with E-state index in [1.54, 1.807) is 6.20 Å². The lowest BCUT2D eigenvalue weighted by atomic mass is 9.81. The Hall–Kier alpha value is -2.95. The summed E-state index contributed by atoms with van der Waals surface area (Å²) in [5.41, 5.74) is 4.37. The smallest absolute Gasteiger partial charge is 0.221 e. The van der Waals surface area contributed by atoms with E-state index < -0.39 is 0 Å². The van der Waals surface area contributed by atoms with Gasteiger partial charge in [-0.25, -0.2) is 4.98 Å². The standard InChI is InChI=1S/C19H15N3O2/c23-16-8-19(9-18(24)21-11-19)15-3-1-12(7-14(15)16)13-2-4-17-20-5-6-22(17)10-13/h1-7,10H,8-9,11H2,(H,21,24). The lowest BCUT2D eigenvalue weighted by Gasteiger charge is -2.21. The Morgan fingerprint density at radius 1 is 1.08 bits per heavy atom. The molecule has 3 aromatic rings. The number of carbonyl (C=O) groups excluding carboxylic acids is 2. The van der Waals surface area contributed by atoms with Gasteiger partial charge in [0.05, 0.1) is 0 Å². The van der Waals surface area contributed by atoms with Gasteiger partial charge in [-0.05, 0) is 34.9 Å². The van der Waals surface area contributed by atoms with E-state index in [0.29, 0.717) is 19.4 Å². The van der Waals surface area contributed by atoms with Crippen LogP contribution in [0.15, 0.2) is 48.9 Å². The number of nitrogens with zero attached hydrogens (tertiary/aromatic N) is 2. The van der Waals surface area contributed by atoms with Gasteiger partial charge in [-0.1, -0.05) is 12.1 Å². The summed E-state index contributed by atoms with van der Waals surface area (Å²) >= 11 is 0. The fourth-order valence-electron chi connectivity index (χ4n) is 4.02. The van der Waals surface area contributed by atoms with Gasteiger partial charge in [-0.15, -0.1) is 0 Å². The number of ketones is 1. The molecule has 1 atom stereocenters. The van der Waals surface area contributed by atoms with Gasteiger partial charge in [-0.3, -0.25) is 9.59 Å².